The third kappa shape index (κ3) is 3.22. The van der Waals surface area contributed by atoms with Crippen LogP contribution in [0, 0.1) is 18.3 Å². The van der Waals surface area contributed by atoms with E-state index in [9.17, 15) is 10.1 Å². The van der Waals surface area contributed by atoms with Gasteiger partial charge in [0.2, 0.25) is 5.88 Å². The van der Waals surface area contributed by atoms with Crippen LogP contribution in [0.25, 0.3) is 0 Å². The number of fused-ring (bicyclic) bond motifs is 1. The largest absolute Gasteiger partial charge is 0.493 e. The first-order valence-electron chi connectivity index (χ1n) is 8.62. The minimum absolute atomic E-state index is 0.0183. The van der Waals surface area contributed by atoms with Gasteiger partial charge in [-0.25, -0.2) is 0 Å². The predicted octanol–water partition coefficient (Wildman–Crippen LogP) is 2.96. The van der Waals surface area contributed by atoms with Gasteiger partial charge in [0, 0.05) is 11.6 Å². The van der Waals surface area contributed by atoms with E-state index in [1.54, 1.807) is 25.1 Å². The average Bonchev–Trinajstić information content (AvgIpc) is 2.61. The number of hydrogen-bond donors (Lipinski definition) is 1. The van der Waals surface area contributed by atoms with Crippen LogP contribution in [-0.4, -0.2) is 13.2 Å². The highest BCUT2D eigenvalue weighted by Crippen LogP contribution is 2.47. The van der Waals surface area contributed by atoms with Gasteiger partial charge in [0.25, 0.3) is 5.95 Å². The number of ether oxygens (including phenoxy) is 3. The molecule has 0 amide bonds. The van der Waals surface area contributed by atoms with Gasteiger partial charge in [0.05, 0.1) is 24.7 Å². The zero-order valence-corrected chi connectivity index (χ0v) is 15.4. The summed E-state index contributed by atoms with van der Waals surface area (Å²) in [5, 5.41) is 9.72. The second-order valence-corrected chi connectivity index (χ2v) is 5.88. The minimum atomic E-state index is -0.820. The fraction of sp³-hybridized carbons (Fsp3) is 0.300. The molecule has 1 atom stereocenters. The SMILES string of the molecule is CCOc1cccc(OCC)c1C1C(C#N)=C(N)Oc2oc(C)cc(=O)c21. The molecule has 0 radical (unpaired) electrons. The lowest BCUT2D eigenvalue weighted by Gasteiger charge is -2.27. The van der Waals surface area contributed by atoms with Crippen LogP contribution < -0.4 is 25.4 Å². The van der Waals surface area contributed by atoms with Gasteiger partial charge in [-0.05, 0) is 32.9 Å². The molecule has 7 nitrogen and oxygen atoms in total. The molecule has 3 rings (SSSR count). The van der Waals surface area contributed by atoms with Crippen molar-refractivity contribution in [3.63, 3.8) is 0 Å². The topological polar surface area (TPSA) is 108 Å². The third-order valence-corrected chi connectivity index (χ3v) is 4.15. The van der Waals surface area contributed by atoms with Crippen molar-refractivity contribution in [1.29, 1.82) is 5.26 Å². The van der Waals surface area contributed by atoms with E-state index < -0.39 is 5.92 Å². The molecule has 1 aromatic carbocycles. The quantitative estimate of drug-likeness (QED) is 0.864. The number of benzene rings is 1. The number of hydrogen-bond acceptors (Lipinski definition) is 7. The van der Waals surface area contributed by atoms with E-state index in [0.29, 0.717) is 36.0 Å². The van der Waals surface area contributed by atoms with E-state index in [-0.39, 0.29) is 28.4 Å². The number of nitrogens with two attached hydrogens (primary N) is 1. The second kappa shape index (κ2) is 7.46. The maximum Gasteiger partial charge on any atom is 0.299 e. The summed E-state index contributed by atoms with van der Waals surface area (Å²) in [6.07, 6.45) is 0. The van der Waals surface area contributed by atoms with Gasteiger partial charge in [-0.3, -0.25) is 4.79 Å². The van der Waals surface area contributed by atoms with Crippen LogP contribution in [0.4, 0.5) is 0 Å². The Hall–Kier alpha value is -3.40. The zero-order valence-electron chi connectivity index (χ0n) is 15.4. The van der Waals surface area contributed by atoms with Crippen molar-refractivity contribution in [2.75, 3.05) is 13.2 Å². The molecule has 140 valence electrons. The Morgan fingerprint density at radius 2 is 1.81 bits per heavy atom. The monoisotopic (exact) mass is 368 g/mol. The van der Waals surface area contributed by atoms with Crippen molar-refractivity contribution in [1.82, 2.24) is 0 Å². The van der Waals surface area contributed by atoms with Crippen LogP contribution >= 0.6 is 0 Å². The first-order valence-corrected chi connectivity index (χ1v) is 8.62. The van der Waals surface area contributed by atoms with Crippen LogP contribution in [-0.2, 0) is 0 Å². The van der Waals surface area contributed by atoms with Gasteiger partial charge in [0.1, 0.15) is 28.9 Å². The lowest BCUT2D eigenvalue weighted by molar-refractivity contribution is 0.272. The molecular weight excluding hydrogens is 348 g/mol. The van der Waals surface area contributed by atoms with Crippen molar-refractivity contribution < 1.29 is 18.6 Å². The van der Waals surface area contributed by atoms with Crippen molar-refractivity contribution >= 4 is 0 Å². The molecule has 1 aliphatic rings. The van der Waals surface area contributed by atoms with Gasteiger partial charge >= 0.3 is 0 Å². The molecule has 7 heteroatoms. The number of aryl methyl sites for hydroxylation is 1. The van der Waals surface area contributed by atoms with Crippen LogP contribution in [0.3, 0.4) is 0 Å². The van der Waals surface area contributed by atoms with E-state index in [1.807, 2.05) is 13.8 Å². The molecular formula is C20H20N2O5. The highest BCUT2D eigenvalue weighted by atomic mass is 16.6. The summed E-state index contributed by atoms with van der Waals surface area (Å²) in [6, 6.07) is 8.73. The fourth-order valence-corrected chi connectivity index (χ4v) is 3.15. The number of allylic oxidation sites excluding steroid dienone is 1. The maximum atomic E-state index is 12.8. The molecule has 0 saturated carbocycles. The van der Waals surface area contributed by atoms with Crippen LogP contribution in [0.5, 0.6) is 17.4 Å². The summed E-state index contributed by atoms with van der Waals surface area (Å²) in [5.74, 6) is 0.435. The highest BCUT2D eigenvalue weighted by molar-refractivity contribution is 5.60. The summed E-state index contributed by atoms with van der Waals surface area (Å²) in [4.78, 5) is 12.8. The predicted molar refractivity (Wildman–Crippen MR) is 97.8 cm³/mol. The standard InChI is InChI=1S/C20H20N2O5/c1-4-24-14-7-6-8-15(25-5-2)18(14)16-12(10-21)19(22)27-20-17(16)13(23)9-11(3)26-20/h6-9,16H,4-5,22H2,1-3H3. The molecule has 0 saturated heterocycles. The summed E-state index contributed by atoms with van der Waals surface area (Å²) >= 11 is 0. The smallest absolute Gasteiger partial charge is 0.299 e. The van der Waals surface area contributed by atoms with Gasteiger partial charge in [0.15, 0.2) is 5.43 Å². The van der Waals surface area contributed by atoms with Gasteiger partial charge in [-0.15, -0.1) is 0 Å². The van der Waals surface area contributed by atoms with Gasteiger partial charge in [-0.1, -0.05) is 6.07 Å². The van der Waals surface area contributed by atoms with Gasteiger partial charge < -0.3 is 24.4 Å². The molecule has 1 aliphatic heterocycles. The molecule has 2 heterocycles. The highest BCUT2D eigenvalue weighted by Gasteiger charge is 2.38. The van der Waals surface area contributed by atoms with Crippen molar-refractivity contribution in [2.24, 2.45) is 5.73 Å². The molecule has 2 N–H and O–H groups in total. The number of nitriles is 1. The number of rotatable bonds is 5. The lowest BCUT2D eigenvalue weighted by atomic mass is 9.83. The summed E-state index contributed by atoms with van der Waals surface area (Å²) < 4.78 is 22.5. The fourth-order valence-electron chi connectivity index (χ4n) is 3.15. The molecule has 0 bridgehead atoms. The summed E-state index contributed by atoms with van der Waals surface area (Å²) in [6.45, 7) is 6.15. The van der Waals surface area contributed by atoms with E-state index in [1.165, 1.54) is 6.07 Å². The van der Waals surface area contributed by atoms with Gasteiger partial charge in [-0.2, -0.15) is 5.26 Å². The molecule has 2 aromatic rings. The average molecular weight is 368 g/mol. The second-order valence-electron chi connectivity index (χ2n) is 5.88. The Kier molecular flexibility index (Phi) is 5.08. The Labute approximate surface area is 156 Å². The summed E-state index contributed by atoms with van der Waals surface area (Å²) in [5.41, 5.74) is 6.50. The van der Waals surface area contributed by atoms with E-state index >= 15 is 0 Å². The first-order chi connectivity index (χ1) is 13.0. The molecule has 27 heavy (non-hydrogen) atoms. The number of nitrogens with zero attached hydrogens (tertiary/aromatic N) is 1. The summed E-state index contributed by atoms with van der Waals surface area (Å²) in [7, 11) is 0. The van der Waals surface area contributed by atoms with Crippen molar-refractivity contribution in [3.8, 4) is 23.5 Å². The van der Waals surface area contributed by atoms with Crippen molar-refractivity contribution in [3.05, 3.63) is 62.8 Å². The Bertz CT molecular complexity index is 976. The first kappa shape index (κ1) is 18.4. The van der Waals surface area contributed by atoms with Crippen LogP contribution in [0.1, 0.15) is 36.7 Å². The van der Waals surface area contributed by atoms with Crippen LogP contribution in [0.2, 0.25) is 0 Å². The Morgan fingerprint density at radius 1 is 1.19 bits per heavy atom. The molecule has 0 spiro atoms. The normalized spacial score (nSPS) is 15.6. The molecule has 1 unspecified atom stereocenters. The Balaban J connectivity index is 2.37. The third-order valence-electron chi connectivity index (χ3n) is 4.15. The minimum Gasteiger partial charge on any atom is -0.493 e. The van der Waals surface area contributed by atoms with Crippen LogP contribution in [0.15, 0.2) is 44.9 Å². The lowest BCUT2D eigenvalue weighted by Crippen LogP contribution is -2.27. The van der Waals surface area contributed by atoms with E-state index in [4.69, 9.17) is 24.4 Å². The molecule has 0 aliphatic carbocycles. The van der Waals surface area contributed by atoms with Crippen molar-refractivity contribution in [2.45, 2.75) is 26.7 Å². The zero-order chi connectivity index (χ0) is 19.6. The molecule has 0 fully saturated rings. The maximum absolute atomic E-state index is 12.8. The Morgan fingerprint density at radius 3 is 2.37 bits per heavy atom. The van der Waals surface area contributed by atoms with E-state index in [2.05, 4.69) is 6.07 Å². The van der Waals surface area contributed by atoms with E-state index in [0.717, 1.165) is 0 Å². The molecule has 1 aromatic heterocycles.